The van der Waals surface area contributed by atoms with Crippen molar-refractivity contribution in [1.82, 2.24) is 25.1 Å². The Hall–Kier alpha value is -3.72. The zero-order valence-electron chi connectivity index (χ0n) is 17.9. The van der Waals surface area contributed by atoms with Crippen molar-refractivity contribution in [3.8, 4) is 34.5 Å². The fourth-order valence-corrected chi connectivity index (χ4v) is 3.65. The molecule has 0 fully saturated rings. The van der Waals surface area contributed by atoms with Gasteiger partial charge in [-0.1, -0.05) is 34.6 Å². The number of nitrogens with zero attached hydrogens (tertiary/aromatic N) is 5. The third-order valence-electron chi connectivity index (χ3n) is 5.19. The van der Waals surface area contributed by atoms with E-state index < -0.39 is 0 Å². The minimum atomic E-state index is -0.118. The maximum atomic E-state index is 6.10. The Kier molecular flexibility index (Phi) is 5.55. The van der Waals surface area contributed by atoms with Gasteiger partial charge in [0.05, 0.1) is 32.1 Å². The molecule has 3 heterocycles. The van der Waals surface area contributed by atoms with E-state index in [1.54, 1.807) is 0 Å². The van der Waals surface area contributed by atoms with Gasteiger partial charge in [-0.2, -0.15) is 4.98 Å². The van der Waals surface area contributed by atoms with Crippen LogP contribution in [0.4, 0.5) is 0 Å². The molecule has 1 aliphatic rings. The normalized spacial score (nSPS) is 15.4. The van der Waals surface area contributed by atoms with Gasteiger partial charge in [0, 0.05) is 5.56 Å². The summed E-state index contributed by atoms with van der Waals surface area (Å²) in [6.07, 6.45) is -0.118. The van der Waals surface area contributed by atoms with Gasteiger partial charge >= 0.3 is 0 Å². The molecule has 0 saturated heterocycles. The van der Waals surface area contributed by atoms with Crippen LogP contribution in [0.1, 0.15) is 31.2 Å². The van der Waals surface area contributed by atoms with Gasteiger partial charge in [0.1, 0.15) is 17.6 Å². The number of aromatic nitrogens is 5. The maximum absolute atomic E-state index is 6.10. The van der Waals surface area contributed by atoms with E-state index in [0.29, 0.717) is 43.8 Å². The van der Waals surface area contributed by atoms with Crippen LogP contribution in [0.5, 0.6) is 11.5 Å². The minimum absolute atomic E-state index is 0.118. The molecule has 1 aliphatic heterocycles. The van der Waals surface area contributed by atoms with E-state index in [1.165, 1.54) is 0 Å². The Morgan fingerprint density at radius 3 is 2.66 bits per heavy atom. The van der Waals surface area contributed by atoms with Crippen LogP contribution >= 0.6 is 0 Å². The van der Waals surface area contributed by atoms with E-state index in [-0.39, 0.29) is 6.10 Å². The van der Waals surface area contributed by atoms with Crippen molar-refractivity contribution in [3.05, 3.63) is 59.8 Å². The SMILES string of the molecule is CCOc1ccc([C@@H]2Cn3nnc(-c4nc(-c5cccc(OCC)c5)no4)c3CO2)cc1. The van der Waals surface area contributed by atoms with Crippen molar-refractivity contribution in [1.29, 1.82) is 0 Å². The molecule has 0 N–H and O–H groups in total. The molecule has 5 rings (SSSR count). The molecule has 164 valence electrons. The molecule has 9 nitrogen and oxygen atoms in total. The van der Waals surface area contributed by atoms with Gasteiger partial charge in [0.15, 0.2) is 5.69 Å². The van der Waals surface area contributed by atoms with Crippen LogP contribution in [0.2, 0.25) is 0 Å². The molecule has 4 aromatic rings. The second kappa shape index (κ2) is 8.80. The Morgan fingerprint density at radius 1 is 1.03 bits per heavy atom. The van der Waals surface area contributed by atoms with Crippen LogP contribution in [0.3, 0.4) is 0 Å². The monoisotopic (exact) mass is 433 g/mol. The summed E-state index contributed by atoms with van der Waals surface area (Å²) in [5.74, 6) is 2.37. The van der Waals surface area contributed by atoms with Crippen molar-refractivity contribution >= 4 is 0 Å². The number of ether oxygens (including phenoxy) is 3. The Balaban J connectivity index is 1.35. The highest BCUT2D eigenvalue weighted by atomic mass is 16.5. The third-order valence-corrected chi connectivity index (χ3v) is 5.19. The lowest BCUT2D eigenvalue weighted by Crippen LogP contribution is -2.22. The molecule has 9 heteroatoms. The summed E-state index contributed by atoms with van der Waals surface area (Å²) in [5.41, 5.74) is 3.21. The molecule has 0 radical (unpaired) electrons. The Bertz CT molecular complexity index is 1200. The first-order chi connectivity index (χ1) is 15.7. The highest BCUT2D eigenvalue weighted by Crippen LogP contribution is 2.32. The van der Waals surface area contributed by atoms with Gasteiger partial charge in [-0.25, -0.2) is 4.68 Å². The van der Waals surface area contributed by atoms with Crippen molar-refractivity contribution in [2.45, 2.75) is 33.1 Å². The topological polar surface area (TPSA) is 97.3 Å². The first-order valence-electron chi connectivity index (χ1n) is 10.6. The van der Waals surface area contributed by atoms with Crippen molar-refractivity contribution in [2.75, 3.05) is 13.2 Å². The lowest BCUT2D eigenvalue weighted by molar-refractivity contribution is -0.00119. The predicted molar refractivity (Wildman–Crippen MR) is 115 cm³/mol. The standard InChI is InChI=1S/C23H23N5O4/c1-3-29-17-10-8-15(9-11-17)20-13-28-19(14-31-20)21(25-27-28)23-24-22(26-32-23)16-6-5-7-18(12-16)30-4-2/h5-12,20H,3-4,13-14H2,1-2H3/t20-/m0/s1. The smallest absolute Gasteiger partial charge is 0.280 e. The Morgan fingerprint density at radius 2 is 1.84 bits per heavy atom. The quantitative estimate of drug-likeness (QED) is 0.430. The van der Waals surface area contributed by atoms with E-state index >= 15 is 0 Å². The molecule has 0 aliphatic carbocycles. The highest BCUT2D eigenvalue weighted by Gasteiger charge is 2.28. The molecule has 0 spiro atoms. The molecule has 2 aromatic carbocycles. The van der Waals surface area contributed by atoms with E-state index in [1.807, 2.05) is 67.1 Å². The number of rotatable bonds is 7. The summed E-state index contributed by atoms with van der Waals surface area (Å²) >= 11 is 0. The van der Waals surface area contributed by atoms with Crippen molar-refractivity contribution in [3.63, 3.8) is 0 Å². The average Bonchev–Trinajstić information content (AvgIpc) is 3.47. The van der Waals surface area contributed by atoms with Crippen LogP contribution in [0.25, 0.3) is 23.0 Å². The number of fused-ring (bicyclic) bond motifs is 1. The van der Waals surface area contributed by atoms with Gasteiger partial charge in [-0.05, 0) is 43.7 Å². The van der Waals surface area contributed by atoms with Crippen molar-refractivity contribution in [2.24, 2.45) is 0 Å². The number of hydrogen-bond acceptors (Lipinski definition) is 8. The number of benzene rings is 2. The van der Waals surface area contributed by atoms with E-state index in [4.69, 9.17) is 18.7 Å². The Labute approximate surface area is 184 Å². The first kappa shape index (κ1) is 20.2. The lowest BCUT2D eigenvalue weighted by Gasteiger charge is -2.24. The number of hydrogen-bond donors (Lipinski definition) is 0. The summed E-state index contributed by atoms with van der Waals surface area (Å²) in [6, 6.07) is 15.5. The van der Waals surface area contributed by atoms with E-state index in [9.17, 15) is 0 Å². The van der Waals surface area contributed by atoms with E-state index in [2.05, 4.69) is 20.5 Å². The summed E-state index contributed by atoms with van der Waals surface area (Å²) in [5, 5.41) is 12.7. The molecule has 2 aromatic heterocycles. The third kappa shape index (κ3) is 3.94. The average molecular weight is 433 g/mol. The van der Waals surface area contributed by atoms with Gasteiger partial charge in [-0.3, -0.25) is 0 Å². The zero-order chi connectivity index (χ0) is 21.9. The first-order valence-corrected chi connectivity index (χ1v) is 10.6. The van der Waals surface area contributed by atoms with Gasteiger partial charge < -0.3 is 18.7 Å². The molecule has 1 atom stereocenters. The summed E-state index contributed by atoms with van der Waals surface area (Å²) in [6.45, 7) is 6.03. The van der Waals surface area contributed by atoms with Gasteiger partial charge in [0.25, 0.3) is 5.89 Å². The fourth-order valence-electron chi connectivity index (χ4n) is 3.65. The molecule has 0 bridgehead atoms. The van der Waals surface area contributed by atoms with Crippen LogP contribution in [0, 0.1) is 0 Å². The molecular formula is C23H23N5O4. The molecular weight excluding hydrogens is 410 g/mol. The predicted octanol–water partition coefficient (Wildman–Crippen LogP) is 4.06. The van der Waals surface area contributed by atoms with Gasteiger partial charge in [-0.15, -0.1) is 5.10 Å². The summed E-state index contributed by atoms with van der Waals surface area (Å²) < 4.78 is 24.5. The largest absolute Gasteiger partial charge is 0.494 e. The molecule has 0 saturated carbocycles. The lowest BCUT2D eigenvalue weighted by atomic mass is 10.1. The van der Waals surface area contributed by atoms with Crippen LogP contribution in [-0.4, -0.2) is 38.3 Å². The zero-order valence-corrected chi connectivity index (χ0v) is 17.9. The van der Waals surface area contributed by atoms with E-state index in [0.717, 1.165) is 28.3 Å². The second-order valence-electron chi connectivity index (χ2n) is 7.25. The highest BCUT2D eigenvalue weighted by molar-refractivity contribution is 5.60. The minimum Gasteiger partial charge on any atom is -0.494 e. The summed E-state index contributed by atoms with van der Waals surface area (Å²) in [7, 11) is 0. The van der Waals surface area contributed by atoms with Crippen LogP contribution in [-0.2, 0) is 17.9 Å². The molecule has 0 unspecified atom stereocenters. The second-order valence-corrected chi connectivity index (χ2v) is 7.25. The van der Waals surface area contributed by atoms with Crippen LogP contribution in [0.15, 0.2) is 53.1 Å². The summed E-state index contributed by atoms with van der Waals surface area (Å²) in [4.78, 5) is 4.52. The van der Waals surface area contributed by atoms with Crippen LogP contribution < -0.4 is 9.47 Å². The van der Waals surface area contributed by atoms with Gasteiger partial charge in [0.2, 0.25) is 5.82 Å². The molecule has 0 amide bonds. The van der Waals surface area contributed by atoms with Crippen molar-refractivity contribution < 1.29 is 18.7 Å². The maximum Gasteiger partial charge on any atom is 0.280 e. The molecule has 32 heavy (non-hydrogen) atoms. The fraction of sp³-hybridized carbons (Fsp3) is 0.304.